The molecule has 2 N–H and O–H groups in total. The van der Waals surface area contributed by atoms with Gasteiger partial charge in [0.25, 0.3) is 0 Å². The molecule has 1 fully saturated rings. The van der Waals surface area contributed by atoms with Gasteiger partial charge in [0.1, 0.15) is 5.75 Å². The van der Waals surface area contributed by atoms with E-state index in [9.17, 15) is 0 Å². The molecule has 0 spiro atoms. The topological polar surface area (TPSA) is 52.1 Å². The summed E-state index contributed by atoms with van der Waals surface area (Å²) < 4.78 is 5.98. The van der Waals surface area contributed by atoms with Gasteiger partial charge in [0.05, 0.1) is 12.6 Å². The van der Waals surface area contributed by atoms with Crippen molar-refractivity contribution in [3.8, 4) is 5.75 Å². The first-order chi connectivity index (χ1) is 13.4. The Morgan fingerprint density at radius 3 is 2.50 bits per heavy atom. The molecule has 0 bridgehead atoms. The number of aliphatic imine (C=N–C) groups is 1. The molecule has 158 valence electrons. The maximum atomic E-state index is 5.98. The minimum atomic E-state index is 0.153. The van der Waals surface area contributed by atoms with Crippen molar-refractivity contribution in [2.75, 3.05) is 46.3 Å². The van der Waals surface area contributed by atoms with Gasteiger partial charge in [-0.05, 0) is 53.3 Å². The average Bonchev–Trinajstić information content (AvgIpc) is 2.65. The molecule has 1 saturated heterocycles. The lowest BCUT2D eigenvalue weighted by molar-refractivity contribution is 0.120. The Morgan fingerprint density at radius 2 is 1.86 bits per heavy atom. The van der Waals surface area contributed by atoms with Gasteiger partial charge >= 0.3 is 0 Å². The van der Waals surface area contributed by atoms with Gasteiger partial charge in [0.15, 0.2) is 5.96 Å². The number of rotatable bonds is 8. The fourth-order valence-corrected chi connectivity index (χ4v) is 3.30. The number of likely N-dealkylation sites (N-methyl/N-ethyl adjacent to an activating group) is 1. The van der Waals surface area contributed by atoms with E-state index in [1.165, 1.54) is 5.56 Å². The first-order valence-corrected chi connectivity index (χ1v) is 10.6. The van der Waals surface area contributed by atoms with Gasteiger partial charge in [-0.3, -0.25) is 4.90 Å². The van der Waals surface area contributed by atoms with Crippen molar-refractivity contribution < 1.29 is 4.74 Å². The third-order valence-electron chi connectivity index (χ3n) is 5.06. The molecule has 1 heterocycles. The van der Waals surface area contributed by atoms with E-state index in [0.29, 0.717) is 12.6 Å². The van der Waals surface area contributed by atoms with Crippen molar-refractivity contribution in [1.82, 2.24) is 20.4 Å². The smallest absolute Gasteiger partial charge is 0.191 e. The Labute approximate surface area is 171 Å². The molecule has 2 rings (SSSR count). The fraction of sp³-hybridized carbons (Fsp3) is 0.682. The third kappa shape index (κ3) is 7.32. The fourth-order valence-electron chi connectivity index (χ4n) is 3.30. The lowest BCUT2D eigenvalue weighted by Crippen LogP contribution is -2.52. The van der Waals surface area contributed by atoms with Crippen LogP contribution in [0.3, 0.4) is 0 Å². The van der Waals surface area contributed by atoms with Crippen molar-refractivity contribution in [1.29, 1.82) is 0 Å². The molecule has 1 unspecified atom stereocenters. The van der Waals surface area contributed by atoms with Gasteiger partial charge in [-0.1, -0.05) is 12.1 Å². The van der Waals surface area contributed by atoms with Crippen LogP contribution in [0.4, 0.5) is 0 Å². The first-order valence-electron chi connectivity index (χ1n) is 10.6. The van der Waals surface area contributed by atoms with Crippen LogP contribution in [0.1, 0.15) is 38.8 Å². The van der Waals surface area contributed by atoms with Crippen molar-refractivity contribution in [3.05, 3.63) is 29.3 Å². The number of piperazine rings is 1. The quantitative estimate of drug-likeness (QED) is 0.528. The van der Waals surface area contributed by atoms with Crippen LogP contribution in [0.25, 0.3) is 0 Å². The summed E-state index contributed by atoms with van der Waals surface area (Å²) in [5.74, 6) is 1.79. The van der Waals surface area contributed by atoms with Crippen LogP contribution in [0.15, 0.2) is 23.2 Å². The maximum absolute atomic E-state index is 5.98. The van der Waals surface area contributed by atoms with E-state index in [0.717, 1.165) is 56.5 Å². The van der Waals surface area contributed by atoms with Crippen LogP contribution < -0.4 is 15.4 Å². The number of benzene rings is 1. The van der Waals surface area contributed by atoms with Crippen molar-refractivity contribution in [2.45, 2.75) is 53.3 Å². The Hall–Kier alpha value is -1.79. The molecule has 0 amide bonds. The molecule has 1 aromatic carbocycles. The molecule has 0 aliphatic carbocycles. The lowest BCUT2D eigenvalue weighted by Gasteiger charge is -2.36. The van der Waals surface area contributed by atoms with Crippen LogP contribution in [0, 0.1) is 6.92 Å². The summed E-state index contributed by atoms with van der Waals surface area (Å²) >= 11 is 0. The van der Waals surface area contributed by atoms with Crippen LogP contribution in [-0.4, -0.2) is 74.2 Å². The summed E-state index contributed by atoms with van der Waals surface area (Å²) in [6, 6.07) is 6.82. The normalized spacial score (nSPS) is 17.6. The number of aryl methyl sites for hydroxylation is 1. The molecule has 0 radical (unpaired) electrons. The van der Waals surface area contributed by atoms with Crippen LogP contribution in [0.2, 0.25) is 0 Å². The largest absolute Gasteiger partial charge is 0.491 e. The lowest BCUT2D eigenvalue weighted by atomic mass is 10.1. The molecule has 1 atom stereocenters. The van der Waals surface area contributed by atoms with E-state index in [-0.39, 0.29) is 6.10 Å². The number of guanidine groups is 1. The number of nitrogens with one attached hydrogen (secondary N) is 2. The summed E-state index contributed by atoms with van der Waals surface area (Å²) in [7, 11) is 2.19. The van der Waals surface area contributed by atoms with Gasteiger partial charge in [-0.25, -0.2) is 4.99 Å². The highest BCUT2D eigenvalue weighted by Gasteiger charge is 2.19. The molecule has 28 heavy (non-hydrogen) atoms. The van der Waals surface area contributed by atoms with Crippen molar-refractivity contribution >= 4 is 5.96 Å². The summed E-state index contributed by atoms with van der Waals surface area (Å²) in [5, 5.41) is 6.87. The first kappa shape index (κ1) is 22.5. The highest BCUT2D eigenvalue weighted by molar-refractivity contribution is 5.79. The highest BCUT2D eigenvalue weighted by atomic mass is 16.5. The van der Waals surface area contributed by atoms with E-state index in [1.807, 2.05) is 0 Å². The van der Waals surface area contributed by atoms with E-state index >= 15 is 0 Å². The second-order valence-corrected chi connectivity index (χ2v) is 8.04. The minimum Gasteiger partial charge on any atom is -0.491 e. The number of ether oxygens (including phenoxy) is 1. The van der Waals surface area contributed by atoms with Crippen LogP contribution in [-0.2, 0) is 6.54 Å². The summed E-state index contributed by atoms with van der Waals surface area (Å²) in [5.41, 5.74) is 2.32. The Morgan fingerprint density at radius 1 is 1.14 bits per heavy atom. The summed E-state index contributed by atoms with van der Waals surface area (Å²) in [6.45, 7) is 17.5. The molecule has 0 aromatic heterocycles. The number of nitrogens with zero attached hydrogens (tertiary/aromatic N) is 3. The standard InChI is InChI=1S/C22H39N5O/c1-7-23-22(24-15-19(5)27-12-10-26(6)11-13-27)25-16-20-9-8-18(4)14-21(20)28-17(2)3/h8-9,14,17,19H,7,10-13,15-16H2,1-6H3,(H2,23,24,25). The van der Waals surface area contributed by atoms with E-state index in [4.69, 9.17) is 9.73 Å². The second-order valence-electron chi connectivity index (χ2n) is 8.04. The zero-order valence-electron chi connectivity index (χ0n) is 18.6. The number of hydrogen-bond donors (Lipinski definition) is 2. The Kier molecular flexibility index (Phi) is 9.06. The Bertz CT molecular complexity index is 623. The van der Waals surface area contributed by atoms with Gasteiger partial charge < -0.3 is 20.3 Å². The predicted molar refractivity (Wildman–Crippen MR) is 118 cm³/mol. The summed E-state index contributed by atoms with van der Waals surface area (Å²) in [6.07, 6.45) is 0.153. The number of hydrogen-bond acceptors (Lipinski definition) is 4. The predicted octanol–water partition coefficient (Wildman–Crippen LogP) is 2.47. The molecule has 6 nitrogen and oxygen atoms in total. The van der Waals surface area contributed by atoms with Gasteiger partial charge in [0.2, 0.25) is 0 Å². The average molecular weight is 390 g/mol. The van der Waals surface area contributed by atoms with E-state index < -0.39 is 0 Å². The van der Waals surface area contributed by atoms with Crippen LogP contribution >= 0.6 is 0 Å². The van der Waals surface area contributed by atoms with Crippen LogP contribution in [0.5, 0.6) is 5.75 Å². The van der Waals surface area contributed by atoms with E-state index in [1.54, 1.807) is 0 Å². The molecular weight excluding hydrogens is 350 g/mol. The molecule has 0 saturated carbocycles. The highest BCUT2D eigenvalue weighted by Crippen LogP contribution is 2.22. The zero-order valence-corrected chi connectivity index (χ0v) is 18.6. The monoisotopic (exact) mass is 389 g/mol. The molecular formula is C22H39N5O. The third-order valence-corrected chi connectivity index (χ3v) is 5.06. The van der Waals surface area contributed by atoms with Crippen molar-refractivity contribution in [2.24, 2.45) is 4.99 Å². The molecule has 1 aliphatic heterocycles. The maximum Gasteiger partial charge on any atom is 0.191 e. The molecule has 6 heteroatoms. The van der Waals surface area contributed by atoms with Gasteiger partial charge in [-0.2, -0.15) is 0 Å². The molecule has 1 aromatic rings. The van der Waals surface area contributed by atoms with Gasteiger partial charge in [0, 0.05) is 50.9 Å². The SMILES string of the molecule is CCNC(=NCc1ccc(C)cc1OC(C)C)NCC(C)N1CCN(C)CC1. The minimum absolute atomic E-state index is 0.153. The Balaban J connectivity index is 1.96. The molecule has 1 aliphatic rings. The van der Waals surface area contributed by atoms with Crippen molar-refractivity contribution in [3.63, 3.8) is 0 Å². The second kappa shape index (κ2) is 11.3. The zero-order chi connectivity index (χ0) is 20.5. The van der Waals surface area contributed by atoms with Gasteiger partial charge in [-0.15, -0.1) is 0 Å². The summed E-state index contributed by atoms with van der Waals surface area (Å²) in [4.78, 5) is 9.73. The van der Waals surface area contributed by atoms with E-state index in [2.05, 4.69) is 80.3 Å².